The first-order chi connectivity index (χ1) is 10.1. The second kappa shape index (κ2) is 8.76. The van der Waals surface area contributed by atoms with Gasteiger partial charge in [0.15, 0.2) is 0 Å². The molecule has 3 N–H and O–H groups in total. The van der Waals surface area contributed by atoms with Gasteiger partial charge in [0.2, 0.25) is 5.91 Å². The highest BCUT2D eigenvalue weighted by Crippen LogP contribution is 2.19. The van der Waals surface area contributed by atoms with Crippen LogP contribution in [-0.2, 0) is 4.79 Å². The minimum atomic E-state index is -0.118. The molecule has 2 amide bonds. The Hall–Kier alpha value is -1.59. The van der Waals surface area contributed by atoms with E-state index in [1.807, 2.05) is 19.9 Å². The van der Waals surface area contributed by atoms with Gasteiger partial charge >= 0.3 is 0 Å². The van der Waals surface area contributed by atoms with E-state index >= 15 is 0 Å². The summed E-state index contributed by atoms with van der Waals surface area (Å²) in [5, 5.41) is 8.96. The highest BCUT2D eigenvalue weighted by atomic mass is 35.5. The van der Waals surface area contributed by atoms with E-state index in [4.69, 9.17) is 0 Å². The van der Waals surface area contributed by atoms with Crippen molar-refractivity contribution in [2.75, 3.05) is 25.0 Å². The summed E-state index contributed by atoms with van der Waals surface area (Å²) < 4.78 is 0. The number of piperidine rings is 1. The Kier molecular flexibility index (Phi) is 7.35. The zero-order valence-electron chi connectivity index (χ0n) is 13.1. The minimum absolute atomic E-state index is 0. The fourth-order valence-corrected chi connectivity index (χ4v) is 2.47. The van der Waals surface area contributed by atoms with Crippen LogP contribution in [0.5, 0.6) is 0 Å². The molecule has 1 aliphatic rings. The van der Waals surface area contributed by atoms with Gasteiger partial charge < -0.3 is 16.0 Å². The standard InChI is InChI=1S/C16H23N3O2.ClH/c1-3-18-15(20)12-7-6-11(2)14(9-12)19-16(21)13-5-4-8-17-10-13;/h6-7,9,13,17H,3-5,8,10H2,1-2H3,(H,18,20)(H,19,21);1H/t13-;/m1./s1. The molecule has 2 rings (SSSR count). The van der Waals surface area contributed by atoms with Crippen molar-refractivity contribution in [3.05, 3.63) is 29.3 Å². The normalized spacial score (nSPS) is 17.3. The van der Waals surface area contributed by atoms with Gasteiger partial charge in [0.25, 0.3) is 5.91 Å². The summed E-state index contributed by atoms with van der Waals surface area (Å²) in [6.07, 6.45) is 1.93. The van der Waals surface area contributed by atoms with Crippen molar-refractivity contribution in [1.29, 1.82) is 0 Å². The SMILES string of the molecule is CCNC(=O)c1ccc(C)c(NC(=O)[C@@H]2CCCNC2)c1.Cl. The Labute approximate surface area is 137 Å². The summed E-state index contributed by atoms with van der Waals surface area (Å²) in [5.74, 6) is -0.0862. The number of hydrogen-bond donors (Lipinski definition) is 3. The summed E-state index contributed by atoms with van der Waals surface area (Å²) in [4.78, 5) is 24.1. The van der Waals surface area contributed by atoms with Crippen LogP contribution in [0.1, 0.15) is 35.7 Å². The van der Waals surface area contributed by atoms with Crippen molar-refractivity contribution >= 4 is 29.9 Å². The number of anilines is 1. The molecule has 1 aliphatic heterocycles. The second-order valence-electron chi connectivity index (χ2n) is 5.42. The van der Waals surface area contributed by atoms with Gasteiger partial charge in [-0.1, -0.05) is 6.07 Å². The number of carbonyl (C=O) groups is 2. The molecule has 0 spiro atoms. The molecule has 0 bridgehead atoms. The first kappa shape index (κ1) is 18.5. The van der Waals surface area contributed by atoms with Gasteiger partial charge in [0.1, 0.15) is 0 Å². The highest BCUT2D eigenvalue weighted by molar-refractivity contribution is 5.98. The van der Waals surface area contributed by atoms with Crippen LogP contribution in [0.2, 0.25) is 0 Å². The molecule has 1 heterocycles. The summed E-state index contributed by atoms with van der Waals surface area (Å²) in [7, 11) is 0. The molecule has 1 saturated heterocycles. The molecule has 0 aliphatic carbocycles. The van der Waals surface area contributed by atoms with Crippen molar-refractivity contribution < 1.29 is 9.59 Å². The molecular weight excluding hydrogens is 302 g/mol. The molecule has 6 heteroatoms. The van der Waals surface area contributed by atoms with E-state index in [2.05, 4.69) is 16.0 Å². The third-order valence-electron chi connectivity index (χ3n) is 3.76. The summed E-state index contributed by atoms with van der Waals surface area (Å²) in [6, 6.07) is 5.38. The minimum Gasteiger partial charge on any atom is -0.352 e. The van der Waals surface area contributed by atoms with Crippen LogP contribution >= 0.6 is 12.4 Å². The summed E-state index contributed by atoms with van der Waals surface area (Å²) >= 11 is 0. The van der Waals surface area contributed by atoms with Gasteiger partial charge in [0.05, 0.1) is 5.92 Å². The highest BCUT2D eigenvalue weighted by Gasteiger charge is 2.21. The summed E-state index contributed by atoms with van der Waals surface area (Å²) in [6.45, 7) is 6.10. The van der Waals surface area contributed by atoms with E-state index in [1.165, 1.54) is 0 Å². The number of nitrogens with one attached hydrogen (secondary N) is 3. The van der Waals surface area contributed by atoms with Gasteiger partial charge in [0, 0.05) is 24.3 Å². The lowest BCUT2D eigenvalue weighted by Crippen LogP contribution is -2.37. The predicted octanol–water partition coefficient (Wildman–Crippen LogP) is 2.10. The Morgan fingerprint density at radius 2 is 2.14 bits per heavy atom. The topological polar surface area (TPSA) is 70.2 Å². The molecule has 1 fully saturated rings. The van der Waals surface area contributed by atoms with E-state index in [9.17, 15) is 9.59 Å². The van der Waals surface area contributed by atoms with Crippen molar-refractivity contribution in [3.8, 4) is 0 Å². The quantitative estimate of drug-likeness (QED) is 0.794. The Morgan fingerprint density at radius 3 is 2.77 bits per heavy atom. The second-order valence-corrected chi connectivity index (χ2v) is 5.42. The van der Waals surface area contributed by atoms with Crippen molar-refractivity contribution in [2.24, 2.45) is 5.92 Å². The number of hydrogen-bond acceptors (Lipinski definition) is 3. The van der Waals surface area contributed by atoms with Crippen molar-refractivity contribution in [2.45, 2.75) is 26.7 Å². The van der Waals surface area contributed by atoms with Crippen LogP contribution in [0.4, 0.5) is 5.69 Å². The maximum absolute atomic E-state index is 12.3. The molecule has 0 saturated carbocycles. The number of benzene rings is 1. The molecule has 1 aromatic rings. The fourth-order valence-electron chi connectivity index (χ4n) is 2.47. The first-order valence-corrected chi connectivity index (χ1v) is 7.52. The van der Waals surface area contributed by atoms with E-state index in [-0.39, 0.29) is 30.1 Å². The van der Waals surface area contributed by atoms with Crippen LogP contribution in [0.15, 0.2) is 18.2 Å². The van der Waals surface area contributed by atoms with Crippen LogP contribution < -0.4 is 16.0 Å². The predicted molar refractivity (Wildman–Crippen MR) is 90.7 cm³/mol. The lowest BCUT2D eigenvalue weighted by molar-refractivity contribution is -0.120. The van der Waals surface area contributed by atoms with E-state index < -0.39 is 0 Å². The van der Waals surface area contributed by atoms with Crippen LogP contribution in [0.3, 0.4) is 0 Å². The number of aryl methyl sites for hydroxylation is 1. The number of amides is 2. The third-order valence-corrected chi connectivity index (χ3v) is 3.76. The molecule has 1 atom stereocenters. The Balaban J connectivity index is 0.00000242. The molecular formula is C16H24ClN3O2. The fraction of sp³-hybridized carbons (Fsp3) is 0.500. The van der Waals surface area contributed by atoms with Crippen molar-refractivity contribution in [1.82, 2.24) is 10.6 Å². The van der Waals surface area contributed by atoms with Crippen LogP contribution in [0, 0.1) is 12.8 Å². The smallest absolute Gasteiger partial charge is 0.251 e. The molecule has 22 heavy (non-hydrogen) atoms. The van der Waals surface area contributed by atoms with Crippen LogP contribution in [-0.4, -0.2) is 31.4 Å². The molecule has 1 aromatic carbocycles. The maximum Gasteiger partial charge on any atom is 0.251 e. The van der Waals surface area contributed by atoms with E-state index in [0.717, 1.165) is 31.5 Å². The monoisotopic (exact) mass is 325 g/mol. The largest absolute Gasteiger partial charge is 0.352 e. The zero-order valence-corrected chi connectivity index (χ0v) is 13.9. The van der Waals surface area contributed by atoms with E-state index in [1.54, 1.807) is 12.1 Å². The molecule has 122 valence electrons. The molecule has 0 aromatic heterocycles. The lowest BCUT2D eigenvalue weighted by atomic mass is 9.98. The molecule has 0 radical (unpaired) electrons. The third kappa shape index (κ3) is 4.71. The van der Waals surface area contributed by atoms with Crippen molar-refractivity contribution in [3.63, 3.8) is 0 Å². The average Bonchev–Trinajstić information content (AvgIpc) is 2.50. The number of rotatable bonds is 4. The number of carbonyl (C=O) groups excluding carboxylic acids is 2. The van der Waals surface area contributed by atoms with E-state index in [0.29, 0.717) is 17.8 Å². The summed E-state index contributed by atoms with van der Waals surface area (Å²) in [5.41, 5.74) is 2.24. The van der Waals surface area contributed by atoms with Gasteiger partial charge in [-0.05, 0) is 50.9 Å². The first-order valence-electron chi connectivity index (χ1n) is 7.52. The number of halogens is 1. The van der Waals surface area contributed by atoms with Gasteiger partial charge in [-0.3, -0.25) is 9.59 Å². The average molecular weight is 326 g/mol. The Morgan fingerprint density at radius 1 is 1.36 bits per heavy atom. The van der Waals surface area contributed by atoms with Crippen LogP contribution in [0.25, 0.3) is 0 Å². The maximum atomic E-state index is 12.3. The molecule has 5 nitrogen and oxygen atoms in total. The van der Waals surface area contributed by atoms with Gasteiger partial charge in [-0.15, -0.1) is 12.4 Å². The van der Waals surface area contributed by atoms with Gasteiger partial charge in [-0.2, -0.15) is 0 Å². The lowest BCUT2D eigenvalue weighted by Gasteiger charge is -2.22. The Bertz CT molecular complexity index is 528. The zero-order chi connectivity index (χ0) is 15.2. The van der Waals surface area contributed by atoms with Gasteiger partial charge in [-0.25, -0.2) is 0 Å². The molecule has 0 unspecified atom stereocenters.